The van der Waals surface area contributed by atoms with Gasteiger partial charge in [-0.3, -0.25) is 4.79 Å². The Hall–Kier alpha value is -2.29. The summed E-state index contributed by atoms with van der Waals surface area (Å²) in [4.78, 5) is 14.4. The van der Waals surface area contributed by atoms with Gasteiger partial charge in [0.05, 0.1) is 0 Å². The highest BCUT2D eigenvalue weighted by Gasteiger charge is 2.31. The van der Waals surface area contributed by atoms with Gasteiger partial charge in [0, 0.05) is 18.7 Å². The van der Waals surface area contributed by atoms with E-state index in [1.165, 1.54) is 0 Å². The molecule has 0 unspecified atom stereocenters. The van der Waals surface area contributed by atoms with Gasteiger partial charge < -0.3 is 10.0 Å². The van der Waals surface area contributed by atoms with E-state index < -0.39 is 0 Å². The van der Waals surface area contributed by atoms with Gasteiger partial charge >= 0.3 is 0 Å². The molecule has 1 amide bonds. The van der Waals surface area contributed by atoms with E-state index in [1.807, 2.05) is 49.1 Å². The highest BCUT2D eigenvalue weighted by Crippen LogP contribution is 2.34. The average Bonchev–Trinajstić information content (AvgIpc) is 2.75. The summed E-state index contributed by atoms with van der Waals surface area (Å²) in [6.07, 6.45) is 0. The van der Waals surface area contributed by atoms with Gasteiger partial charge in [-0.15, -0.1) is 0 Å². The number of carbonyl (C=O) groups excluding carboxylic acids is 1. The first-order valence-corrected chi connectivity index (χ1v) is 6.73. The second kappa shape index (κ2) is 4.67. The van der Waals surface area contributed by atoms with Crippen LogP contribution in [0.1, 0.15) is 32.6 Å². The normalized spacial score (nSPS) is 13.7. The number of aryl methyl sites for hydroxylation is 1. The molecule has 0 atom stereocenters. The number of hydrogen-bond acceptors (Lipinski definition) is 2. The predicted octanol–water partition coefficient (Wildman–Crippen LogP) is 3.17. The summed E-state index contributed by atoms with van der Waals surface area (Å²) >= 11 is 0. The molecule has 1 aliphatic heterocycles. The van der Waals surface area contributed by atoms with E-state index in [9.17, 15) is 9.90 Å². The molecule has 102 valence electrons. The number of benzene rings is 2. The molecule has 20 heavy (non-hydrogen) atoms. The van der Waals surface area contributed by atoms with Crippen molar-refractivity contribution in [3.05, 3.63) is 64.2 Å². The third-order valence-electron chi connectivity index (χ3n) is 3.95. The summed E-state index contributed by atoms with van der Waals surface area (Å²) in [5.41, 5.74) is 4.51. The molecule has 3 nitrogen and oxygen atoms in total. The Morgan fingerprint density at radius 1 is 1.20 bits per heavy atom. The van der Waals surface area contributed by atoms with Crippen molar-refractivity contribution in [3.63, 3.8) is 0 Å². The molecule has 1 aliphatic rings. The summed E-state index contributed by atoms with van der Waals surface area (Å²) in [6.45, 7) is 4.92. The highest BCUT2D eigenvalue weighted by molar-refractivity contribution is 6.00. The largest absolute Gasteiger partial charge is 0.508 e. The summed E-state index contributed by atoms with van der Waals surface area (Å²) in [6, 6.07) is 11.6. The predicted molar refractivity (Wildman–Crippen MR) is 77.6 cm³/mol. The molecular weight excluding hydrogens is 250 g/mol. The van der Waals surface area contributed by atoms with Gasteiger partial charge in [-0.2, -0.15) is 0 Å². The summed E-state index contributed by atoms with van der Waals surface area (Å²) in [5, 5.41) is 9.90. The van der Waals surface area contributed by atoms with Gasteiger partial charge in [0.2, 0.25) is 0 Å². The maximum atomic E-state index is 12.5. The van der Waals surface area contributed by atoms with Crippen LogP contribution in [0.25, 0.3) is 0 Å². The Morgan fingerprint density at radius 3 is 2.60 bits per heavy atom. The van der Waals surface area contributed by atoms with Crippen LogP contribution < -0.4 is 0 Å². The molecule has 0 saturated carbocycles. The lowest BCUT2D eigenvalue weighted by Gasteiger charge is -2.15. The van der Waals surface area contributed by atoms with E-state index in [2.05, 4.69) is 0 Å². The highest BCUT2D eigenvalue weighted by atomic mass is 16.3. The third-order valence-corrected chi connectivity index (χ3v) is 3.95. The Morgan fingerprint density at radius 2 is 1.90 bits per heavy atom. The zero-order chi connectivity index (χ0) is 14.3. The summed E-state index contributed by atoms with van der Waals surface area (Å²) in [7, 11) is 0. The topological polar surface area (TPSA) is 40.5 Å². The van der Waals surface area contributed by atoms with Crippen molar-refractivity contribution < 1.29 is 9.90 Å². The minimum atomic E-state index is 0.0597. The van der Waals surface area contributed by atoms with E-state index in [0.29, 0.717) is 13.1 Å². The summed E-state index contributed by atoms with van der Waals surface area (Å²) < 4.78 is 0. The second-order valence-electron chi connectivity index (χ2n) is 5.34. The SMILES string of the molecule is Cc1cc(O)c(C)c2c1C(=O)N(Cc1ccccc1)C2. The minimum absolute atomic E-state index is 0.0597. The smallest absolute Gasteiger partial charge is 0.255 e. The first-order valence-electron chi connectivity index (χ1n) is 6.73. The lowest BCUT2D eigenvalue weighted by atomic mass is 9.98. The number of nitrogens with zero attached hydrogens (tertiary/aromatic N) is 1. The molecule has 2 aromatic rings. The number of phenolic OH excluding ortho intramolecular Hbond substituents is 1. The molecule has 0 radical (unpaired) electrons. The van der Waals surface area contributed by atoms with Crippen LogP contribution in [-0.4, -0.2) is 15.9 Å². The number of aromatic hydroxyl groups is 1. The van der Waals surface area contributed by atoms with Crippen molar-refractivity contribution >= 4 is 5.91 Å². The first kappa shape index (κ1) is 12.7. The van der Waals surface area contributed by atoms with Crippen LogP contribution in [0.4, 0.5) is 0 Å². The van der Waals surface area contributed by atoms with Crippen LogP contribution in [0, 0.1) is 13.8 Å². The van der Waals surface area contributed by atoms with Crippen LogP contribution in [0.5, 0.6) is 5.75 Å². The third kappa shape index (κ3) is 1.95. The van der Waals surface area contributed by atoms with Crippen LogP contribution in [-0.2, 0) is 13.1 Å². The molecule has 0 bridgehead atoms. The van der Waals surface area contributed by atoms with Crippen molar-refractivity contribution in [2.45, 2.75) is 26.9 Å². The van der Waals surface area contributed by atoms with Crippen LogP contribution in [0.15, 0.2) is 36.4 Å². The molecule has 0 aliphatic carbocycles. The van der Waals surface area contributed by atoms with E-state index in [-0.39, 0.29) is 11.7 Å². The van der Waals surface area contributed by atoms with Crippen LogP contribution in [0.3, 0.4) is 0 Å². The van der Waals surface area contributed by atoms with Crippen molar-refractivity contribution in [1.29, 1.82) is 0 Å². The lowest BCUT2D eigenvalue weighted by Crippen LogP contribution is -2.23. The molecular formula is C17H17NO2. The Balaban J connectivity index is 1.95. The van der Waals surface area contributed by atoms with Gasteiger partial charge in [0.15, 0.2) is 0 Å². The molecule has 0 saturated heterocycles. The standard InChI is InChI=1S/C17H17NO2/c1-11-8-15(19)12(2)14-10-18(17(20)16(11)14)9-13-6-4-3-5-7-13/h3-8,19H,9-10H2,1-2H3. The van der Waals surface area contributed by atoms with Crippen molar-refractivity contribution in [2.24, 2.45) is 0 Å². The van der Waals surface area contributed by atoms with E-state index >= 15 is 0 Å². The second-order valence-corrected chi connectivity index (χ2v) is 5.34. The number of carbonyl (C=O) groups is 1. The molecule has 3 rings (SSSR count). The van der Waals surface area contributed by atoms with Gasteiger partial charge in [-0.25, -0.2) is 0 Å². The molecule has 1 heterocycles. The molecule has 0 aromatic heterocycles. The quantitative estimate of drug-likeness (QED) is 0.908. The van der Waals surface area contributed by atoms with Gasteiger partial charge in [-0.05, 0) is 42.2 Å². The monoisotopic (exact) mass is 267 g/mol. The maximum absolute atomic E-state index is 12.5. The van der Waals surface area contributed by atoms with E-state index in [4.69, 9.17) is 0 Å². The molecule has 1 N–H and O–H groups in total. The fourth-order valence-electron chi connectivity index (χ4n) is 2.81. The van der Waals surface area contributed by atoms with Crippen LogP contribution >= 0.6 is 0 Å². The Bertz CT molecular complexity index is 677. The fraction of sp³-hybridized carbons (Fsp3) is 0.235. The molecule has 3 heteroatoms. The van der Waals surface area contributed by atoms with Gasteiger partial charge in [0.25, 0.3) is 5.91 Å². The zero-order valence-corrected chi connectivity index (χ0v) is 11.7. The van der Waals surface area contributed by atoms with E-state index in [0.717, 1.165) is 27.8 Å². The van der Waals surface area contributed by atoms with Crippen molar-refractivity contribution in [1.82, 2.24) is 4.90 Å². The van der Waals surface area contributed by atoms with Crippen LogP contribution in [0.2, 0.25) is 0 Å². The minimum Gasteiger partial charge on any atom is -0.508 e. The lowest BCUT2D eigenvalue weighted by molar-refractivity contribution is 0.0766. The van der Waals surface area contributed by atoms with Gasteiger partial charge in [0.1, 0.15) is 5.75 Å². The zero-order valence-electron chi connectivity index (χ0n) is 11.7. The molecule has 0 spiro atoms. The molecule has 0 fully saturated rings. The van der Waals surface area contributed by atoms with E-state index in [1.54, 1.807) is 6.07 Å². The Labute approximate surface area is 118 Å². The number of fused-ring (bicyclic) bond motifs is 1. The molecule has 2 aromatic carbocycles. The average molecular weight is 267 g/mol. The number of rotatable bonds is 2. The van der Waals surface area contributed by atoms with Gasteiger partial charge in [-0.1, -0.05) is 30.3 Å². The number of phenols is 1. The first-order chi connectivity index (χ1) is 9.58. The Kier molecular flexibility index (Phi) is 2.97. The maximum Gasteiger partial charge on any atom is 0.255 e. The number of amides is 1. The van der Waals surface area contributed by atoms with Crippen molar-refractivity contribution in [2.75, 3.05) is 0 Å². The summed E-state index contributed by atoms with van der Waals surface area (Å²) in [5.74, 6) is 0.333. The van der Waals surface area contributed by atoms with Crippen molar-refractivity contribution in [3.8, 4) is 5.75 Å². The number of hydrogen-bond donors (Lipinski definition) is 1. The fourth-order valence-corrected chi connectivity index (χ4v) is 2.81.